The minimum Gasteiger partial charge on any atom is -0.367 e. The predicted octanol–water partition coefficient (Wildman–Crippen LogP) is 5.82. The van der Waals surface area contributed by atoms with E-state index >= 15 is 0 Å². The molecular formula is C29H29ClF2N2O2. The van der Waals surface area contributed by atoms with Crippen molar-refractivity contribution in [1.82, 2.24) is 9.80 Å². The van der Waals surface area contributed by atoms with E-state index in [-0.39, 0.29) is 24.0 Å². The molecule has 3 aromatic carbocycles. The number of nitrogens with zero attached hydrogens (tertiary/aromatic N) is 2. The van der Waals surface area contributed by atoms with E-state index < -0.39 is 17.7 Å². The zero-order valence-corrected chi connectivity index (χ0v) is 20.7. The third-order valence-corrected chi connectivity index (χ3v) is 7.43. The first-order chi connectivity index (χ1) is 17.5. The number of hydrogen-bond donors (Lipinski definition) is 0. The van der Waals surface area contributed by atoms with E-state index in [1.807, 2.05) is 35.2 Å². The van der Waals surface area contributed by atoms with Crippen LogP contribution in [0.2, 0.25) is 5.02 Å². The summed E-state index contributed by atoms with van der Waals surface area (Å²) >= 11 is 6.06. The van der Waals surface area contributed by atoms with Crippen LogP contribution in [0, 0.1) is 17.6 Å². The van der Waals surface area contributed by atoms with E-state index in [0.717, 1.165) is 25.1 Å². The monoisotopic (exact) mass is 510 g/mol. The molecule has 7 heteroatoms. The van der Waals surface area contributed by atoms with Gasteiger partial charge in [-0.3, -0.25) is 9.69 Å². The highest BCUT2D eigenvalue weighted by Gasteiger charge is 2.46. The topological polar surface area (TPSA) is 32.8 Å². The summed E-state index contributed by atoms with van der Waals surface area (Å²) in [5.74, 6) is -0.585. The van der Waals surface area contributed by atoms with Crippen LogP contribution >= 0.6 is 11.6 Å². The zero-order chi connectivity index (χ0) is 25.1. The fourth-order valence-corrected chi connectivity index (χ4v) is 5.07. The van der Waals surface area contributed by atoms with Gasteiger partial charge in [0.25, 0.3) is 0 Å². The van der Waals surface area contributed by atoms with Crippen LogP contribution in [0.5, 0.6) is 0 Å². The number of piperazine rings is 1. The van der Waals surface area contributed by atoms with Crippen molar-refractivity contribution < 1.29 is 18.3 Å². The van der Waals surface area contributed by atoms with Crippen LogP contribution in [0.3, 0.4) is 0 Å². The minimum absolute atomic E-state index is 0.0794. The van der Waals surface area contributed by atoms with Crippen molar-refractivity contribution in [2.75, 3.05) is 32.7 Å². The molecule has 2 unspecified atom stereocenters. The third kappa shape index (κ3) is 5.77. The molecule has 0 aromatic heterocycles. The van der Waals surface area contributed by atoms with Crippen LogP contribution < -0.4 is 0 Å². The maximum Gasteiger partial charge on any atom is 0.226 e. The molecule has 3 atom stereocenters. The first-order valence-electron chi connectivity index (χ1n) is 12.4. The van der Waals surface area contributed by atoms with Crippen LogP contribution in [0.4, 0.5) is 8.78 Å². The van der Waals surface area contributed by atoms with Crippen LogP contribution in [-0.2, 0) is 16.1 Å². The lowest BCUT2D eigenvalue weighted by molar-refractivity contribution is -0.134. The largest absolute Gasteiger partial charge is 0.367 e. The predicted molar refractivity (Wildman–Crippen MR) is 136 cm³/mol. The maximum absolute atomic E-state index is 14.2. The Balaban J connectivity index is 1.19. The van der Waals surface area contributed by atoms with Crippen molar-refractivity contribution in [1.29, 1.82) is 0 Å². The SMILES string of the molecule is O=C(C1C[C@H]1c1ccccc1)N1CCN(CC(OCc2c(F)cccc2F)c2ccc(Cl)cc2)CC1. The molecule has 1 saturated carbocycles. The lowest BCUT2D eigenvalue weighted by Gasteiger charge is -2.36. The van der Waals surface area contributed by atoms with Gasteiger partial charge in [-0.25, -0.2) is 8.78 Å². The molecule has 0 bridgehead atoms. The summed E-state index contributed by atoms with van der Waals surface area (Å²) in [6.07, 6.45) is 0.525. The summed E-state index contributed by atoms with van der Waals surface area (Å²) in [7, 11) is 0. The van der Waals surface area contributed by atoms with Gasteiger partial charge < -0.3 is 9.64 Å². The van der Waals surface area contributed by atoms with E-state index in [1.165, 1.54) is 23.8 Å². The fraction of sp³-hybridized carbons (Fsp3) is 0.345. The van der Waals surface area contributed by atoms with E-state index in [4.69, 9.17) is 16.3 Å². The van der Waals surface area contributed by atoms with E-state index in [9.17, 15) is 13.6 Å². The standard InChI is InChI=1S/C29H29ClF2N2O2/c30-22-11-9-21(10-12-22)28(36-19-25-26(31)7-4-8-27(25)32)18-33-13-15-34(16-14-33)29(35)24-17-23(24)20-5-2-1-3-6-20/h1-12,23-24,28H,13-19H2/t23-,24?,28?/m0/s1. The normalized spacial score (nSPS) is 20.8. The van der Waals surface area contributed by atoms with Crippen molar-refractivity contribution >= 4 is 17.5 Å². The molecule has 0 radical (unpaired) electrons. The van der Waals surface area contributed by atoms with Gasteiger partial charge in [0.2, 0.25) is 5.91 Å². The van der Waals surface area contributed by atoms with Crippen LogP contribution in [0.1, 0.15) is 35.1 Å². The highest BCUT2D eigenvalue weighted by atomic mass is 35.5. The second kappa shape index (κ2) is 11.1. The Hall–Kier alpha value is -2.80. The summed E-state index contributed by atoms with van der Waals surface area (Å²) < 4.78 is 34.4. The van der Waals surface area contributed by atoms with Gasteiger partial charge in [0.1, 0.15) is 11.6 Å². The molecule has 2 fully saturated rings. The number of carbonyl (C=O) groups excluding carboxylic acids is 1. The smallest absolute Gasteiger partial charge is 0.226 e. The average molecular weight is 511 g/mol. The second-order valence-electron chi connectivity index (χ2n) is 9.54. The number of benzene rings is 3. The highest BCUT2D eigenvalue weighted by molar-refractivity contribution is 6.30. The number of halogens is 3. The number of carbonyl (C=O) groups is 1. The summed E-state index contributed by atoms with van der Waals surface area (Å²) in [6.45, 7) is 3.13. The van der Waals surface area contributed by atoms with E-state index in [2.05, 4.69) is 17.0 Å². The Morgan fingerprint density at radius 2 is 1.58 bits per heavy atom. The Labute approximate surface area is 215 Å². The molecule has 0 N–H and O–H groups in total. The van der Waals surface area contributed by atoms with Crippen molar-refractivity contribution in [3.05, 3.63) is 106 Å². The first-order valence-corrected chi connectivity index (χ1v) is 12.7. The molecule has 2 aliphatic rings. The lowest BCUT2D eigenvalue weighted by atomic mass is 10.1. The van der Waals surface area contributed by atoms with Crippen LogP contribution in [0.15, 0.2) is 72.8 Å². The number of rotatable bonds is 8. The van der Waals surface area contributed by atoms with Gasteiger partial charge in [-0.15, -0.1) is 0 Å². The lowest BCUT2D eigenvalue weighted by Crippen LogP contribution is -2.50. The Bertz CT molecular complexity index is 1160. The summed E-state index contributed by atoms with van der Waals surface area (Å²) in [6, 6.07) is 21.4. The van der Waals surface area contributed by atoms with Crippen LogP contribution in [0.25, 0.3) is 0 Å². The summed E-state index contributed by atoms with van der Waals surface area (Å²) in [5.41, 5.74) is 2.05. The molecule has 1 aliphatic carbocycles. The zero-order valence-electron chi connectivity index (χ0n) is 20.0. The van der Waals surface area contributed by atoms with E-state index in [1.54, 1.807) is 12.1 Å². The molecular weight excluding hydrogens is 482 g/mol. The quantitative estimate of drug-likeness (QED) is 0.382. The molecule has 36 heavy (non-hydrogen) atoms. The molecule has 3 aromatic rings. The highest BCUT2D eigenvalue weighted by Crippen LogP contribution is 2.48. The molecule has 1 amide bonds. The summed E-state index contributed by atoms with van der Waals surface area (Å²) in [4.78, 5) is 17.3. The van der Waals surface area contributed by atoms with Gasteiger partial charge in [-0.1, -0.05) is 60.1 Å². The molecule has 0 spiro atoms. The first kappa shape index (κ1) is 24.9. The molecule has 5 rings (SSSR count). The number of hydrogen-bond acceptors (Lipinski definition) is 3. The number of ether oxygens (including phenoxy) is 1. The van der Waals surface area contributed by atoms with Gasteiger partial charge in [-0.2, -0.15) is 0 Å². The van der Waals surface area contributed by atoms with Crippen molar-refractivity contribution in [3.63, 3.8) is 0 Å². The fourth-order valence-electron chi connectivity index (χ4n) is 4.94. The number of amides is 1. The second-order valence-corrected chi connectivity index (χ2v) is 9.97. The Morgan fingerprint density at radius 1 is 0.917 bits per heavy atom. The molecule has 1 heterocycles. The maximum atomic E-state index is 14.2. The third-order valence-electron chi connectivity index (χ3n) is 7.18. The molecule has 1 aliphatic heterocycles. The van der Waals surface area contributed by atoms with Crippen molar-refractivity contribution in [2.45, 2.75) is 25.0 Å². The summed E-state index contributed by atoms with van der Waals surface area (Å²) in [5, 5.41) is 0.610. The Morgan fingerprint density at radius 3 is 2.25 bits per heavy atom. The van der Waals surface area contributed by atoms with Crippen molar-refractivity contribution in [2.24, 2.45) is 5.92 Å². The molecule has 4 nitrogen and oxygen atoms in total. The van der Waals surface area contributed by atoms with Gasteiger partial charge in [0, 0.05) is 49.2 Å². The van der Waals surface area contributed by atoms with E-state index in [0.29, 0.717) is 30.6 Å². The van der Waals surface area contributed by atoms with Gasteiger partial charge >= 0.3 is 0 Å². The molecule has 1 saturated heterocycles. The van der Waals surface area contributed by atoms with Crippen molar-refractivity contribution in [3.8, 4) is 0 Å². The average Bonchev–Trinajstić information content (AvgIpc) is 3.70. The molecule has 188 valence electrons. The minimum atomic E-state index is -0.620. The van der Waals surface area contributed by atoms with Gasteiger partial charge in [-0.05, 0) is 47.7 Å². The van der Waals surface area contributed by atoms with Gasteiger partial charge in [0.05, 0.1) is 12.7 Å². The van der Waals surface area contributed by atoms with Gasteiger partial charge in [0.15, 0.2) is 0 Å². The van der Waals surface area contributed by atoms with Crippen LogP contribution in [-0.4, -0.2) is 48.4 Å². The Kier molecular flexibility index (Phi) is 7.65.